The molecule has 0 saturated carbocycles. The molecule has 1 aromatic rings. The number of urea groups is 1. The van der Waals surface area contributed by atoms with E-state index in [1.807, 2.05) is 30.3 Å². The van der Waals surface area contributed by atoms with Gasteiger partial charge in [0.05, 0.1) is 6.04 Å². The summed E-state index contributed by atoms with van der Waals surface area (Å²) >= 11 is 0. The van der Waals surface area contributed by atoms with E-state index in [0.717, 1.165) is 18.6 Å². The van der Waals surface area contributed by atoms with E-state index >= 15 is 0 Å². The molecule has 1 aromatic carbocycles. The molecule has 6 heteroatoms. The van der Waals surface area contributed by atoms with Gasteiger partial charge in [-0.3, -0.25) is 4.79 Å². The van der Waals surface area contributed by atoms with E-state index in [4.69, 9.17) is 10.5 Å². The molecule has 21 heavy (non-hydrogen) atoms. The van der Waals surface area contributed by atoms with Crippen molar-refractivity contribution in [2.75, 3.05) is 13.2 Å². The maximum absolute atomic E-state index is 12.3. The molecule has 2 rings (SSSR count). The zero-order valence-corrected chi connectivity index (χ0v) is 12.1. The highest BCUT2D eigenvalue weighted by Gasteiger charge is 2.32. The summed E-state index contributed by atoms with van der Waals surface area (Å²) in [6, 6.07) is 8.26. The van der Waals surface area contributed by atoms with Gasteiger partial charge in [0.2, 0.25) is 5.91 Å². The Morgan fingerprint density at radius 2 is 2.14 bits per heavy atom. The lowest BCUT2D eigenvalue weighted by Gasteiger charge is -2.27. The summed E-state index contributed by atoms with van der Waals surface area (Å²) in [7, 11) is 0. The molecule has 0 unspecified atom stereocenters. The van der Waals surface area contributed by atoms with Crippen molar-refractivity contribution in [2.24, 2.45) is 5.73 Å². The van der Waals surface area contributed by atoms with Gasteiger partial charge in [0.15, 0.2) is 0 Å². The molecule has 1 saturated heterocycles. The Morgan fingerprint density at radius 3 is 2.81 bits per heavy atom. The highest BCUT2D eigenvalue weighted by molar-refractivity contribution is 5.86. The number of primary amides is 1. The molecule has 1 aliphatic rings. The highest BCUT2D eigenvalue weighted by atomic mass is 16.5. The fraction of sp³-hybridized carbons (Fsp3) is 0.467. The molecule has 0 aromatic heterocycles. The number of benzene rings is 1. The predicted octanol–water partition coefficient (Wildman–Crippen LogP) is 1.11. The normalized spacial score (nSPS) is 19.1. The van der Waals surface area contributed by atoms with Crippen molar-refractivity contribution in [3.05, 3.63) is 30.3 Å². The second kappa shape index (κ2) is 6.97. The third-order valence-electron chi connectivity index (χ3n) is 3.57. The Labute approximate surface area is 124 Å². The van der Waals surface area contributed by atoms with E-state index in [9.17, 15) is 9.59 Å². The minimum absolute atomic E-state index is 0.0369. The molecule has 6 nitrogen and oxygen atoms in total. The van der Waals surface area contributed by atoms with Crippen LogP contribution in [0.25, 0.3) is 0 Å². The van der Waals surface area contributed by atoms with E-state index in [1.54, 1.807) is 11.8 Å². The second-order valence-electron chi connectivity index (χ2n) is 5.18. The van der Waals surface area contributed by atoms with Gasteiger partial charge in [0, 0.05) is 6.54 Å². The largest absolute Gasteiger partial charge is 0.491 e. The number of likely N-dealkylation sites (tertiary alicyclic amines) is 1. The van der Waals surface area contributed by atoms with Crippen LogP contribution in [0.1, 0.15) is 19.8 Å². The zero-order valence-electron chi connectivity index (χ0n) is 12.1. The van der Waals surface area contributed by atoms with E-state index in [1.165, 1.54) is 0 Å². The average molecular weight is 291 g/mol. The molecule has 1 fully saturated rings. The number of rotatable bonds is 5. The Morgan fingerprint density at radius 1 is 1.43 bits per heavy atom. The van der Waals surface area contributed by atoms with E-state index < -0.39 is 12.1 Å². The first kappa shape index (κ1) is 15.2. The smallest absolute Gasteiger partial charge is 0.312 e. The lowest BCUT2D eigenvalue weighted by molar-refractivity contribution is -0.134. The number of para-hydroxylation sites is 1. The van der Waals surface area contributed by atoms with Crippen LogP contribution in [-0.2, 0) is 4.79 Å². The number of nitrogens with one attached hydrogen (secondary N) is 1. The molecule has 0 aliphatic carbocycles. The average Bonchev–Trinajstić information content (AvgIpc) is 2.93. The minimum atomic E-state index is -0.688. The van der Waals surface area contributed by atoms with Crippen molar-refractivity contribution in [3.63, 3.8) is 0 Å². The summed E-state index contributed by atoms with van der Waals surface area (Å²) in [6.07, 6.45) is 1.85. The summed E-state index contributed by atoms with van der Waals surface area (Å²) in [5.74, 6) is 0.674. The van der Waals surface area contributed by atoms with Crippen LogP contribution in [0.3, 0.4) is 0 Å². The quantitative estimate of drug-likeness (QED) is 0.852. The fourth-order valence-corrected chi connectivity index (χ4v) is 2.53. The van der Waals surface area contributed by atoms with Crippen LogP contribution in [0.5, 0.6) is 5.75 Å². The number of carbonyl (C=O) groups is 2. The molecule has 114 valence electrons. The maximum atomic E-state index is 12.3. The van der Waals surface area contributed by atoms with E-state index in [2.05, 4.69) is 5.32 Å². The summed E-state index contributed by atoms with van der Waals surface area (Å²) in [4.78, 5) is 24.9. The first-order valence-corrected chi connectivity index (χ1v) is 7.12. The molecular weight excluding hydrogens is 270 g/mol. The van der Waals surface area contributed by atoms with Gasteiger partial charge < -0.3 is 20.7 Å². The van der Waals surface area contributed by atoms with Crippen LogP contribution in [0.2, 0.25) is 0 Å². The minimum Gasteiger partial charge on any atom is -0.491 e. The number of carbonyl (C=O) groups excluding carboxylic acids is 2. The summed E-state index contributed by atoms with van der Waals surface area (Å²) in [5.41, 5.74) is 5.05. The lowest BCUT2D eigenvalue weighted by atomic mass is 10.2. The van der Waals surface area contributed by atoms with Crippen LogP contribution in [0, 0.1) is 0 Å². The van der Waals surface area contributed by atoms with Crippen molar-refractivity contribution in [1.82, 2.24) is 10.2 Å². The molecule has 1 aliphatic heterocycles. The summed E-state index contributed by atoms with van der Waals surface area (Å²) < 4.78 is 5.73. The number of ether oxygens (including phenoxy) is 1. The van der Waals surface area contributed by atoms with E-state index in [0.29, 0.717) is 13.2 Å². The number of nitrogens with two attached hydrogens (primary N) is 1. The molecule has 1 heterocycles. The highest BCUT2D eigenvalue weighted by Crippen LogP contribution is 2.20. The lowest BCUT2D eigenvalue weighted by Crippen LogP contribution is -2.50. The third kappa shape index (κ3) is 4.11. The molecule has 0 spiro atoms. The van der Waals surface area contributed by atoms with Crippen molar-refractivity contribution in [1.29, 1.82) is 0 Å². The number of nitrogens with zero attached hydrogens (tertiary/aromatic N) is 1. The summed E-state index contributed by atoms with van der Waals surface area (Å²) in [6.45, 7) is 2.78. The third-order valence-corrected chi connectivity index (χ3v) is 3.57. The van der Waals surface area contributed by atoms with Crippen LogP contribution < -0.4 is 15.8 Å². The van der Waals surface area contributed by atoms with Gasteiger partial charge in [-0.25, -0.2) is 4.79 Å². The van der Waals surface area contributed by atoms with Crippen LogP contribution in [-0.4, -0.2) is 42.1 Å². The van der Waals surface area contributed by atoms with Gasteiger partial charge in [-0.1, -0.05) is 18.2 Å². The van der Waals surface area contributed by atoms with Gasteiger partial charge in [0.25, 0.3) is 0 Å². The molecule has 2 atom stereocenters. The van der Waals surface area contributed by atoms with Crippen molar-refractivity contribution in [2.45, 2.75) is 31.8 Å². The standard InChI is InChI=1S/C15H21N3O3/c1-11(17-15(16)20)14(19)18-9-5-6-12(18)10-21-13-7-3-2-4-8-13/h2-4,7-8,11-12H,5-6,9-10H2,1H3,(H3,16,17,20)/t11-,12-/m1/s1. The van der Waals surface area contributed by atoms with Crippen molar-refractivity contribution < 1.29 is 14.3 Å². The van der Waals surface area contributed by atoms with Crippen LogP contribution in [0.4, 0.5) is 4.79 Å². The van der Waals surface area contributed by atoms with Gasteiger partial charge in [-0.15, -0.1) is 0 Å². The molecule has 0 bridgehead atoms. The van der Waals surface area contributed by atoms with Gasteiger partial charge >= 0.3 is 6.03 Å². The monoisotopic (exact) mass is 291 g/mol. The molecule has 3 N–H and O–H groups in total. The van der Waals surface area contributed by atoms with Gasteiger partial charge in [0.1, 0.15) is 18.4 Å². The predicted molar refractivity (Wildman–Crippen MR) is 78.9 cm³/mol. The van der Waals surface area contributed by atoms with Gasteiger partial charge in [-0.05, 0) is 31.9 Å². The zero-order chi connectivity index (χ0) is 15.2. The second-order valence-corrected chi connectivity index (χ2v) is 5.18. The molecule has 0 radical (unpaired) electrons. The van der Waals surface area contributed by atoms with Gasteiger partial charge in [-0.2, -0.15) is 0 Å². The fourth-order valence-electron chi connectivity index (χ4n) is 2.53. The Kier molecular flexibility index (Phi) is 5.03. The Hall–Kier alpha value is -2.24. The first-order chi connectivity index (χ1) is 10.1. The van der Waals surface area contributed by atoms with Crippen molar-refractivity contribution in [3.8, 4) is 5.75 Å². The van der Waals surface area contributed by atoms with Crippen LogP contribution in [0.15, 0.2) is 30.3 Å². The molecule has 3 amide bonds. The van der Waals surface area contributed by atoms with E-state index in [-0.39, 0.29) is 11.9 Å². The first-order valence-electron chi connectivity index (χ1n) is 7.12. The van der Waals surface area contributed by atoms with Crippen LogP contribution >= 0.6 is 0 Å². The number of hydrogen-bond donors (Lipinski definition) is 2. The number of amides is 3. The SMILES string of the molecule is C[C@@H](NC(N)=O)C(=O)N1CCC[C@@H]1COc1ccccc1. The maximum Gasteiger partial charge on any atom is 0.312 e. The topological polar surface area (TPSA) is 84.7 Å². The Balaban J connectivity index is 1.90. The summed E-state index contributed by atoms with van der Waals surface area (Å²) in [5, 5.41) is 2.42. The Bertz CT molecular complexity index is 492. The van der Waals surface area contributed by atoms with Crippen molar-refractivity contribution >= 4 is 11.9 Å². The molecular formula is C15H21N3O3. The number of hydrogen-bond acceptors (Lipinski definition) is 3.